The summed E-state index contributed by atoms with van der Waals surface area (Å²) in [6, 6.07) is 11.3. The Balaban J connectivity index is 2.41. The van der Waals surface area contributed by atoms with Crippen LogP contribution in [0.3, 0.4) is 0 Å². The second kappa shape index (κ2) is 6.62. The largest absolute Gasteiger partial charge is 0.306 e. The molecule has 106 valence electrons. The molecule has 0 aliphatic carbocycles. The highest BCUT2D eigenvalue weighted by Gasteiger charge is 2.17. The van der Waals surface area contributed by atoms with Crippen LogP contribution in [0.2, 0.25) is 0 Å². The first-order valence-electron chi connectivity index (χ1n) is 6.87. The van der Waals surface area contributed by atoms with Crippen LogP contribution in [-0.2, 0) is 0 Å². The second-order valence-electron chi connectivity index (χ2n) is 4.92. The summed E-state index contributed by atoms with van der Waals surface area (Å²) in [4.78, 5) is 0. The van der Waals surface area contributed by atoms with E-state index in [1.54, 1.807) is 31.2 Å². The van der Waals surface area contributed by atoms with Gasteiger partial charge in [-0.1, -0.05) is 37.3 Å². The molecule has 2 aromatic rings. The van der Waals surface area contributed by atoms with Gasteiger partial charge in [-0.2, -0.15) is 0 Å². The molecule has 1 atom stereocenters. The van der Waals surface area contributed by atoms with Gasteiger partial charge in [0, 0.05) is 5.56 Å². The minimum Gasteiger partial charge on any atom is -0.306 e. The molecule has 0 aliphatic rings. The van der Waals surface area contributed by atoms with Crippen molar-refractivity contribution in [2.75, 3.05) is 6.54 Å². The van der Waals surface area contributed by atoms with Gasteiger partial charge in [0.2, 0.25) is 0 Å². The van der Waals surface area contributed by atoms with Crippen LogP contribution in [0.4, 0.5) is 8.78 Å². The SMILES string of the molecule is CCCNC(c1ccc(C)c(F)c1)c1ccccc1F. The number of nitrogens with one attached hydrogen (secondary N) is 1. The molecule has 0 saturated carbocycles. The maximum absolute atomic E-state index is 14.0. The molecule has 0 bridgehead atoms. The summed E-state index contributed by atoms with van der Waals surface area (Å²) >= 11 is 0. The van der Waals surface area contributed by atoms with Crippen LogP contribution in [0.1, 0.15) is 36.1 Å². The summed E-state index contributed by atoms with van der Waals surface area (Å²) in [5, 5.41) is 3.28. The molecule has 3 heteroatoms. The fraction of sp³-hybridized carbons (Fsp3) is 0.294. The van der Waals surface area contributed by atoms with E-state index in [4.69, 9.17) is 0 Å². The smallest absolute Gasteiger partial charge is 0.128 e. The van der Waals surface area contributed by atoms with Crippen LogP contribution in [0.25, 0.3) is 0 Å². The highest BCUT2D eigenvalue weighted by molar-refractivity contribution is 5.34. The molecule has 1 nitrogen and oxygen atoms in total. The maximum Gasteiger partial charge on any atom is 0.128 e. The molecule has 0 fully saturated rings. The quantitative estimate of drug-likeness (QED) is 0.854. The zero-order valence-corrected chi connectivity index (χ0v) is 11.8. The van der Waals surface area contributed by atoms with Gasteiger partial charge in [-0.25, -0.2) is 8.78 Å². The second-order valence-corrected chi connectivity index (χ2v) is 4.92. The lowest BCUT2D eigenvalue weighted by atomic mass is 9.97. The predicted molar refractivity (Wildman–Crippen MR) is 77.7 cm³/mol. The third kappa shape index (κ3) is 3.23. The monoisotopic (exact) mass is 275 g/mol. The number of halogens is 2. The van der Waals surface area contributed by atoms with Gasteiger partial charge in [0.25, 0.3) is 0 Å². The Bertz CT molecular complexity index is 581. The average molecular weight is 275 g/mol. The normalized spacial score (nSPS) is 12.4. The third-order valence-corrected chi connectivity index (χ3v) is 3.34. The summed E-state index contributed by atoms with van der Waals surface area (Å²) in [7, 11) is 0. The van der Waals surface area contributed by atoms with E-state index in [-0.39, 0.29) is 17.7 Å². The van der Waals surface area contributed by atoms with Crippen LogP contribution in [-0.4, -0.2) is 6.54 Å². The number of hydrogen-bond donors (Lipinski definition) is 1. The molecule has 0 radical (unpaired) electrons. The first-order chi connectivity index (χ1) is 9.63. The molecule has 2 aromatic carbocycles. The summed E-state index contributed by atoms with van der Waals surface area (Å²) in [5.41, 5.74) is 1.88. The Labute approximate surface area is 118 Å². The van der Waals surface area contributed by atoms with Gasteiger partial charge in [-0.3, -0.25) is 0 Å². The topological polar surface area (TPSA) is 12.0 Å². The van der Waals surface area contributed by atoms with Gasteiger partial charge in [0.15, 0.2) is 0 Å². The minimum absolute atomic E-state index is 0.262. The van der Waals surface area contributed by atoms with Crippen LogP contribution >= 0.6 is 0 Å². The van der Waals surface area contributed by atoms with Crippen molar-refractivity contribution < 1.29 is 8.78 Å². The van der Waals surface area contributed by atoms with Gasteiger partial charge in [0.1, 0.15) is 11.6 Å². The molecule has 0 saturated heterocycles. The number of hydrogen-bond acceptors (Lipinski definition) is 1. The van der Waals surface area contributed by atoms with Gasteiger partial charge >= 0.3 is 0 Å². The highest BCUT2D eigenvalue weighted by atomic mass is 19.1. The summed E-state index contributed by atoms with van der Waals surface area (Å²) < 4.78 is 27.8. The molecule has 0 spiro atoms. The lowest BCUT2D eigenvalue weighted by Gasteiger charge is -2.20. The van der Waals surface area contributed by atoms with E-state index in [1.165, 1.54) is 12.1 Å². The van der Waals surface area contributed by atoms with Crippen molar-refractivity contribution in [1.82, 2.24) is 5.32 Å². The van der Waals surface area contributed by atoms with E-state index in [9.17, 15) is 8.78 Å². The van der Waals surface area contributed by atoms with Crippen molar-refractivity contribution in [2.24, 2.45) is 0 Å². The Kier molecular flexibility index (Phi) is 4.85. The molecule has 1 unspecified atom stereocenters. The molecule has 1 N–H and O–H groups in total. The van der Waals surface area contributed by atoms with Crippen molar-refractivity contribution in [1.29, 1.82) is 0 Å². The number of benzene rings is 2. The Morgan fingerprint density at radius 3 is 2.45 bits per heavy atom. The Hall–Kier alpha value is -1.74. The minimum atomic E-state index is -0.328. The number of aryl methyl sites for hydroxylation is 1. The Morgan fingerprint density at radius 2 is 1.80 bits per heavy atom. The first-order valence-corrected chi connectivity index (χ1v) is 6.87. The summed E-state index contributed by atoms with van der Waals surface area (Å²) in [6.07, 6.45) is 0.930. The molecule has 20 heavy (non-hydrogen) atoms. The number of rotatable bonds is 5. The predicted octanol–water partition coefficient (Wildman–Crippen LogP) is 4.36. The van der Waals surface area contributed by atoms with Gasteiger partial charge in [-0.05, 0) is 43.1 Å². The highest BCUT2D eigenvalue weighted by Crippen LogP contribution is 2.25. The average Bonchev–Trinajstić information content (AvgIpc) is 2.44. The maximum atomic E-state index is 14.0. The van der Waals surface area contributed by atoms with Crippen molar-refractivity contribution >= 4 is 0 Å². The van der Waals surface area contributed by atoms with E-state index >= 15 is 0 Å². The van der Waals surface area contributed by atoms with E-state index < -0.39 is 0 Å². The van der Waals surface area contributed by atoms with Crippen molar-refractivity contribution in [3.63, 3.8) is 0 Å². The molecular weight excluding hydrogens is 256 g/mol. The lowest BCUT2D eigenvalue weighted by Crippen LogP contribution is -2.24. The zero-order chi connectivity index (χ0) is 14.5. The van der Waals surface area contributed by atoms with Crippen molar-refractivity contribution in [3.05, 3.63) is 70.8 Å². The van der Waals surface area contributed by atoms with E-state index in [2.05, 4.69) is 5.32 Å². The third-order valence-electron chi connectivity index (χ3n) is 3.34. The van der Waals surface area contributed by atoms with Crippen LogP contribution in [0.15, 0.2) is 42.5 Å². The molecule has 0 amide bonds. The van der Waals surface area contributed by atoms with Crippen molar-refractivity contribution in [2.45, 2.75) is 26.3 Å². The van der Waals surface area contributed by atoms with E-state index in [1.807, 2.05) is 13.0 Å². The van der Waals surface area contributed by atoms with Crippen LogP contribution in [0.5, 0.6) is 0 Å². The first kappa shape index (κ1) is 14.7. The Morgan fingerprint density at radius 1 is 1.05 bits per heavy atom. The summed E-state index contributed by atoms with van der Waals surface area (Å²) in [6.45, 7) is 4.51. The fourth-order valence-corrected chi connectivity index (χ4v) is 2.19. The van der Waals surface area contributed by atoms with Crippen LogP contribution < -0.4 is 5.32 Å². The summed E-state index contributed by atoms with van der Waals surface area (Å²) in [5.74, 6) is -0.538. The van der Waals surface area contributed by atoms with Gasteiger partial charge in [-0.15, -0.1) is 0 Å². The fourth-order valence-electron chi connectivity index (χ4n) is 2.19. The molecule has 0 heterocycles. The van der Waals surface area contributed by atoms with Gasteiger partial charge in [0.05, 0.1) is 6.04 Å². The van der Waals surface area contributed by atoms with Gasteiger partial charge < -0.3 is 5.32 Å². The standard InChI is InChI=1S/C17H19F2N/c1-3-10-20-17(14-6-4-5-7-15(14)18)13-9-8-12(2)16(19)11-13/h4-9,11,17,20H,3,10H2,1-2H3. The molecule has 0 aliphatic heterocycles. The lowest BCUT2D eigenvalue weighted by molar-refractivity contribution is 0.542. The molecule has 0 aromatic heterocycles. The van der Waals surface area contributed by atoms with E-state index in [0.717, 1.165) is 18.5 Å². The van der Waals surface area contributed by atoms with E-state index in [0.29, 0.717) is 11.1 Å². The molecular formula is C17H19F2N. The molecule has 2 rings (SSSR count). The van der Waals surface area contributed by atoms with Crippen molar-refractivity contribution in [3.8, 4) is 0 Å². The van der Waals surface area contributed by atoms with Crippen LogP contribution in [0, 0.1) is 18.6 Å². The zero-order valence-electron chi connectivity index (χ0n) is 11.8.